The molecule has 0 radical (unpaired) electrons. The minimum Gasteiger partial charge on any atom is -0.368 e. The van der Waals surface area contributed by atoms with Crippen molar-refractivity contribution in [2.45, 2.75) is 30.2 Å². The number of nitrogens with one attached hydrogen (secondary N) is 1. The van der Waals surface area contributed by atoms with E-state index in [1.807, 2.05) is 13.0 Å². The Morgan fingerprint density at radius 2 is 2.16 bits per heavy atom. The first-order valence-electron chi connectivity index (χ1n) is 5.96. The first-order valence-corrected chi connectivity index (χ1v) is 7.70. The van der Waals surface area contributed by atoms with Gasteiger partial charge in [0.15, 0.2) is 0 Å². The van der Waals surface area contributed by atoms with Crippen LogP contribution in [0, 0.1) is 0 Å². The summed E-state index contributed by atoms with van der Waals surface area (Å²) in [4.78, 5) is 12.3. The minimum absolute atomic E-state index is 0.333. The largest absolute Gasteiger partial charge is 0.368 e. The number of likely N-dealkylation sites (N-methyl/N-ethyl adjacent to an activating group) is 1. The van der Waals surface area contributed by atoms with Crippen molar-refractivity contribution in [1.82, 2.24) is 5.32 Å². The van der Waals surface area contributed by atoms with Gasteiger partial charge in [-0.3, -0.25) is 4.79 Å². The molecular formula is C13H18Cl2N2OS. The third-order valence-corrected chi connectivity index (χ3v) is 4.89. The Balaban J connectivity index is 2.47. The van der Waals surface area contributed by atoms with Crippen LogP contribution in [0.1, 0.15) is 19.8 Å². The van der Waals surface area contributed by atoms with E-state index >= 15 is 0 Å². The summed E-state index contributed by atoms with van der Waals surface area (Å²) in [5, 5.41) is 4.33. The molecule has 1 rings (SSSR count). The van der Waals surface area contributed by atoms with Crippen molar-refractivity contribution < 1.29 is 4.79 Å². The summed E-state index contributed by atoms with van der Waals surface area (Å²) in [5.74, 6) is 0.519. The Hall–Kier alpha value is -0.420. The summed E-state index contributed by atoms with van der Waals surface area (Å²) in [7, 11) is 1.74. The number of hydrogen-bond donors (Lipinski definition) is 2. The topological polar surface area (TPSA) is 55.1 Å². The number of thioether (sulfide) groups is 1. The maximum Gasteiger partial charge on any atom is 0.237 e. The summed E-state index contributed by atoms with van der Waals surface area (Å²) in [6.07, 6.45) is 1.54. The second-order valence-electron chi connectivity index (χ2n) is 4.47. The van der Waals surface area contributed by atoms with Gasteiger partial charge >= 0.3 is 0 Å². The van der Waals surface area contributed by atoms with Gasteiger partial charge in [0.1, 0.15) is 0 Å². The summed E-state index contributed by atoms with van der Waals surface area (Å²) in [6.45, 7) is 1.81. The van der Waals surface area contributed by atoms with Crippen LogP contribution in [-0.4, -0.2) is 24.2 Å². The fourth-order valence-electron chi connectivity index (χ4n) is 1.57. The normalized spacial score (nSPS) is 14.1. The lowest BCUT2D eigenvalue weighted by Gasteiger charge is -2.25. The molecule has 6 heteroatoms. The number of primary amides is 1. The summed E-state index contributed by atoms with van der Waals surface area (Å²) in [5.41, 5.74) is 4.72. The van der Waals surface area contributed by atoms with Gasteiger partial charge in [-0.05, 0) is 50.8 Å². The molecule has 3 N–H and O–H groups in total. The number of nitrogens with two attached hydrogens (primary N) is 1. The average molecular weight is 321 g/mol. The van der Waals surface area contributed by atoms with Crippen molar-refractivity contribution in [2.75, 3.05) is 12.8 Å². The lowest BCUT2D eigenvalue weighted by molar-refractivity contribution is -0.123. The molecular weight excluding hydrogens is 303 g/mol. The molecule has 1 unspecified atom stereocenters. The summed E-state index contributed by atoms with van der Waals surface area (Å²) < 4.78 is 0. The number of carbonyl (C=O) groups is 1. The highest BCUT2D eigenvalue weighted by Gasteiger charge is 2.27. The number of benzene rings is 1. The van der Waals surface area contributed by atoms with E-state index in [1.165, 1.54) is 0 Å². The SMILES string of the molecule is CNC(C)(CCCSc1cc(Cl)ccc1Cl)C(N)=O. The minimum atomic E-state index is -0.654. The van der Waals surface area contributed by atoms with Crippen molar-refractivity contribution in [3.05, 3.63) is 28.2 Å². The Morgan fingerprint density at radius 3 is 2.74 bits per heavy atom. The van der Waals surface area contributed by atoms with Crippen LogP contribution < -0.4 is 11.1 Å². The second kappa shape index (κ2) is 7.39. The molecule has 1 amide bonds. The lowest BCUT2D eigenvalue weighted by atomic mass is 9.96. The van der Waals surface area contributed by atoms with Crippen LogP contribution in [0.5, 0.6) is 0 Å². The summed E-state index contributed by atoms with van der Waals surface area (Å²) in [6, 6.07) is 5.40. The lowest BCUT2D eigenvalue weighted by Crippen LogP contribution is -2.51. The molecule has 3 nitrogen and oxygen atoms in total. The Morgan fingerprint density at radius 1 is 1.47 bits per heavy atom. The van der Waals surface area contributed by atoms with Gasteiger partial charge < -0.3 is 11.1 Å². The van der Waals surface area contributed by atoms with Crippen LogP contribution in [0.2, 0.25) is 10.0 Å². The standard InChI is InChI=1S/C13H18Cl2N2OS/c1-13(17-2,12(16)18)6-3-7-19-11-8-9(14)4-5-10(11)15/h4-5,8,17H,3,6-7H2,1-2H3,(H2,16,18). The van der Waals surface area contributed by atoms with Crippen LogP contribution in [0.4, 0.5) is 0 Å². The predicted molar refractivity (Wildman–Crippen MR) is 83.1 cm³/mol. The average Bonchev–Trinajstić information content (AvgIpc) is 2.38. The molecule has 0 aliphatic carbocycles. The number of hydrogen-bond acceptors (Lipinski definition) is 3. The van der Waals surface area contributed by atoms with E-state index < -0.39 is 5.54 Å². The molecule has 0 saturated carbocycles. The molecule has 106 valence electrons. The number of carbonyl (C=O) groups excluding carboxylic acids is 1. The highest BCUT2D eigenvalue weighted by molar-refractivity contribution is 7.99. The molecule has 0 bridgehead atoms. The van der Waals surface area contributed by atoms with E-state index in [0.29, 0.717) is 16.5 Å². The van der Waals surface area contributed by atoms with Crippen LogP contribution in [-0.2, 0) is 4.79 Å². The van der Waals surface area contributed by atoms with Crippen LogP contribution >= 0.6 is 35.0 Å². The number of halogens is 2. The van der Waals surface area contributed by atoms with Gasteiger partial charge in [0.25, 0.3) is 0 Å². The zero-order valence-electron chi connectivity index (χ0n) is 11.0. The fourth-order valence-corrected chi connectivity index (χ4v) is 3.01. The molecule has 0 aromatic heterocycles. The van der Waals surface area contributed by atoms with E-state index in [1.54, 1.807) is 30.9 Å². The zero-order valence-corrected chi connectivity index (χ0v) is 13.3. The highest BCUT2D eigenvalue weighted by atomic mass is 35.5. The van der Waals surface area contributed by atoms with E-state index in [0.717, 1.165) is 17.1 Å². The molecule has 0 saturated heterocycles. The van der Waals surface area contributed by atoms with Gasteiger partial charge in [-0.25, -0.2) is 0 Å². The fraction of sp³-hybridized carbons (Fsp3) is 0.462. The molecule has 19 heavy (non-hydrogen) atoms. The van der Waals surface area contributed by atoms with Crippen LogP contribution in [0.3, 0.4) is 0 Å². The molecule has 1 atom stereocenters. The van der Waals surface area contributed by atoms with Gasteiger partial charge in [0.2, 0.25) is 5.91 Å². The van der Waals surface area contributed by atoms with E-state index in [2.05, 4.69) is 5.32 Å². The van der Waals surface area contributed by atoms with Crippen molar-refractivity contribution in [3.63, 3.8) is 0 Å². The van der Waals surface area contributed by atoms with Crippen molar-refractivity contribution in [1.29, 1.82) is 0 Å². The molecule has 0 aliphatic rings. The molecule has 0 heterocycles. The molecule has 0 aliphatic heterocycles. The van der Waals surface area contributed by atoms with Gasteiger partial charge in [-0.1, -0.05) is 23.2 Å². The third-order valence-electron chi connectivity index (χ3n) is 3.07. The van der Waals surface area contributed by atoms with Crippen LogP contribution in [0.25, 0.3) is 0 Å². The molecule has 0 fully saturated rings. The Bertz CT molecular complexity index is 456. The van der Waals surface area contributed by atoms with Gasteiger partial charge in [0.05, 0.1) is 10.6 Å². The molecule has 1 aromatic rings. The number of rotatable bonds is 7. The summed E-state index contributed by atoms with van der Waals surface area (Å²) >= 11 is 13.6. The second-order valence-corrected chi connectivity index (χ2v) is 6.45. The molecule has 0 spiro atoms. The number of amides is 1. The smallest absolute Gasteiger partial charge is 0.237 e. The van der Waals surface area contributed by atoms with Gasteiger partial charge in [-0.15, -0.1) is 11.8 Å². The third kappa shape index (κ3) is 4.88. The van der Waals surface area contributed by atoms with Crippen molar-refractivity contribution in [2.24, 2.45) is 5.73 Å². The van der Waals surface area contributed by atoms with Gasteiger partial charge in [0, 0.05) is 9.92 Å². The van der Waals surface area contributed by atoms with Crippen molar-refractivity contribution >= 4 is 40.9 Å². The maximum atomic E-state index is 11.3. The predicted octanol–water partition coefficient (Wildman–Crippen LogP) is 3.33. The Kier molecular flexibility index (Phi) is 6.47. The van der Waals surface area contributed by atoms with Crippen LogP contribution in [0.15, 0.2) is 23.1 Å². The quantitative estimate of drug-likeness (QED) is 0.598. The van der Waals surface area contributed by atoms with E-state index in [-0.39, 0.29) is 5.91 Å². The maximum absolute atomic E-state index is 11.3. The monoisotopic (exact) mass is 320 g/mol. The van der Waals surface area contributed by atoms with E-state index in [4.69, 9.17) is 28.9 Å². The first-order chi connectivity index (χ1) is 8.89. The van der Waals surface area contributed by atoms with Gasteiger partial charge in [-0.2, -0.15) is 0 Å². The highest BCUT2D eigenvalue weighted by Crippen LogP contribution is 2.30. The zero-order chi connectivity index (χ0) is 14.5. The first kappa shape index (κ1) is 16.6. The Labute approximate surface area is 128 Å². The van der Waals surface area contributed by atoms with E-state index in [9.17, 15) is 4.79 Å². The molecule has 1 aromatic carbocycles. The van der Waals surface area contributed by atoms with Crippen molar-refractivity contribution in [3.8, 4) is 0 Å².